The highest BCUT2D eigenvalue weighted by molar-refractivity contribution is 6.35. The Labute approximate surface area is 186 Å². The lowest BCUT2D eigenvalue weighted by Crippen LogP contribution is -2.46. The number of hydrazine groups is 1. The van der Waals surface area contributed by atoms with Gasteiger partial charge in [-0.3, -0.25) is 10.2 Å². The molecule has 0 spiro atoms. The minimum atomic E-state index is -0.749. The molecule has 8 nitrogen and oxygen atoms in total. The summed E-state index contributed by atoms with van der Waals surface area (Å²) < 4.78 is 24.1. The highest BCUT2D eigenvalue weighted by atomic mass is 35.5. The van der Waals surface area contributed by atoms with Crippen LogP contribution in [0.3, 0.4) is 0 Å². The number of carbonyl (C=O) groups excluding carboxylic acids is 2. The van der Waals surface area contributed by atoms with E-state index in [0.29, 0.717) is 21.2 Å². The largest absolute Gasteiger partial charge is 0.479 e. The van der Waals surface area contributed by atoms with E-state index in [0.717, 1.165) is 5.56 Å². The van der Waals surface area contributed by atoms with Gasteiger partial charge in [0.1, 0.15) is 5.82 Å². The van der Waals surface area contributed by atoms with E-state index in [2.05, 4.69) is 21.3 Å². The monoisotopic (exact) mass is 466 g/mol. The molecule has 0 unspecified atom stereocenters. The number of ether oxygens (including phenoxy) is 1. The Morgan fingerprint density at radius 2 is 1.94 bits per heavy atom. The summed E-state index contributed by atoms with van der Waals surface area (Å²) in [5.74, 6) is -1.30. The zero-order chi connectivity index (χ0) is 22.5. The SMILES string of the molecule is COc1cc(C(=O)NNC(=O)NCc2ccc(-c3cc(Cl)cc(Cl)c3C)cc2F)on1. The Bertz CT molecular complexity index is 1140. The van der Waals surface area contributed by atoms with E-state index in [9.17, 15) is 14.0 Å². The maximum absolute atomic E-state index is 14.6. The number of nitrogens with zero attached hydrogens (tertiary/aromatic N) is 1. The van der Waals surface area contributed by atoms with Crippen molar-refractivity contribution in [1.29, 1.82) is 0 Å². The molecule has 0 aliphatic rings. The molecule has 3 rings (SSSR count). The molecule has 0 fully saturated rings. The van der Waals surface area contributed by atoms with Gasteiger partial charge in [-0.15, -0.1) is 0 Å². The van der Waals surface area contributed by atoms with Gasteiger partial charge in [-0.1, -0.05) is 35.3 Å². The molecule has 0 atom stereocenters. The first kappa shape index (κ1) is 22.4. The smallest absolute Gasteiger partial charge is 0.333 e. The summed E-state index contributed by atoms with van der Waals surface area (Å²) in [4.78, 5) is 23.7. The molecule has 1 heterocycles. The summed E-state index contributed by atoms with van der Waals surface area (Å²) >= 11 is 12.2. The van der Waals surface area contributed by atoms with Gasteiger partial charge in [0.2, 0.25) is 5.76 Å². The predicted octanol–water partition coefficient (Wildman–Crippen LogP) is 4.25. The molecule has 11 heteroatoms. The van der Waals surface area contributed by atoms with Crippen molar-refractivity contribution in [1.82, 2.24) is 21.3 Å². The Kier molecular flexibility index (Phi) is 6.98. The average Bonchev–Trinajstić information content (AvgIpc) is 3.23. The normalized spacial score (nSPS) is 10.5. The van der Waals surface area contributed by atoms with Gasteiger partial charge in [0.25, 0.3) is 5.88 Å². The molecule has 3 N–H and O–H groups in total. The molecule has 3 aromatic rings. The van der Waals surface area contributed by atoms with E-state index in [4.69, 9.17) is 32.5 Å². The highest BCUT2D eigenvalue weighted by Crippen LogP contribution is 2.32. The number of hydrogen-bond donors (Lipinski definition) is 3. The van der Waals surface area contributed by atoms with Crippen LogP contribution in [0.2, 0.25) is 10.0 Å². The van der Waals surface area contributed by atoms with E-state index in [1.165, 1.54) is 19.2 Å². The predicted molar refractivity (Wildman–Crippen MR) is 112 cm³/mol. The first-order chi connectivity index (χ1) is 14.8. The van der Waals surface area contributed by atoms with Crippen LogP contribution in [0, 0.1) is 12.7 Å². The van der Waals surface area contributed by atoms with Crippen molar-refractivity contribution in [2.75, 3.05) is 7.11 Å². The number of nitrogens with one attached hydrogen (secondary N) is 3. The molecule has 162 valence electrons. The lowest BCUT2D eigenvalue weighted by molar-refractivity contribution is 0.0899. The van der Waals surface area contributed by atoms with Crippen LogP contribution in [0.1, 0.15) is 21.7 Å². The summed E-state index contributed by atoms with van der Waals surface area (Å²) in [7, 11) is 1.36. The number of carbonyl (C=O) groups is 2. The number of methoxy groups -OCH3 is 1. The van der Waals surface area contributed by atoms with Gasteiger partial charge in [-0.2, -0.15) is 0 Å². The third-order valence-electron chi connectivity index (χ3n) is 4.32. The van der Waals surface area contributed by atoms with Crippen LogP contribution < -0.4 is 20.9 Å². The third-order valence-corrected chi connectivity index (χ3v) is 4.93. The van der Waals surface area contributed by atoms with Crippen molar-refractivity contribution < 1.29 is 23.2 Å². The molecule has 0 aliphatic heterocycles. The van der Waals surface area contributed by atoms with E-state index in [-0.39, 0.29) is 23.7 Å². The second kappa shape index (κ2) is 9.67. The molecule has 3 amide bonds. The Morgan fingerprint density at radius 1 is 1.16 bits per heavy atom. The van der Waals surface area contributed by atoms with Crippen molar-refractivity contribution in [3.8, 4) is 17.0 Å². The second-order valence-corrected chi connectivity index (χ2v) is 7.21. The van der Waals surface area contributed by atoms with Gasteiger partial charge in [-0.05, 0) is 47.0 Å². The van der Waals surface area contributed by atoms with E-state index in [1.54, 1.807) is 24.3 Å². The van der Waals surface area contributed by atoms with Gasteiger partial charge in [0, 0.05) is 22.2 Å². The Morgan fingerprint density at radius 3 is 2.61 bits per heavy atom. The Balaban J connectivity index is 1.58. The molecule has 2 aromatic carbocycles. The van der Waals surface area contributed by atoms with Crippen LogP contribution >= 0.6 is 23.2 Å². The summed E-state index contributed by atoms with van der Waals surface area (Å²) in [5.41, 5.74) is 6.58. The molecular weight excluding hydrogens is 450 g/mol. The van der Waals surface area contributed by atoms with Crippen LogP contribution in [-0.4, -0.2) is 24.2 Å². The van der Waals surface area contributed by atoms with Crippen molar-refractivity contribution >= 4 is 35.1 Å². The number of benzene rings is 2. The minimum Gasteiger partial charge on any atom is -0.479 e. The first-order valence-corrected chi connectivity index (χ1v) is 9.63. The summed E-state index contributed by atoms with van der Waals surface area (Å²) in [5, 5.41) is 6.83. The second-order valence-electron chi connectivity index (χ2n) is 6.36. The molecule has 31 heavy (non-hydrogen) atoms. The van der Waals surface area contributed by atoms with Crippen LogP contribution in [0.4, 0.5) is 9.18 Å². The van der Waals surface area contributed by atoms with Crippen LogP contribution in [0.25, 0.3) is 11.1 Å². The Hall–Kier alpha value is -3.30. The zero-order valence-corrected chi connectivity index (χ0v) is 17.9. The van der Waals surface area contributed by atoms with Gasteiger partial charge < -0.3 is 14.6 Å². The number of urea groups is 1. The van der Waals surface area contributed by atoms with Crippen molar-refractivity contribution in [2.24, 2.45) is 0 Å². The highest BCUT2D eigenvalue weighted by Gasteiger charge is 2.15. The standard InChI is InChI=1S/C20H17Cl2FN4O4/c1-10-14(6-13(21)7-15(10)22)11-3-4-12(16(23)5-11)9-24-20(29)26-25-19(28)17-8-18(30-2)27-31-17/h3-8H,9H2,1-2H3,(H,25,28)(H2,24,26,29). The summed E-state index contributed by atoms with van der Waals surface area (Å²) in [6.45, 7) is 1.70. The molecule has 0 bridgehead atoms. The topological polar surface area (TPSA) is 105 Å². The van der Waals surface area contributed by atoms with E-state index < -0.39 is 17.8 Å². The first-order valence-electron chi connectivity index (χ1n) is 8.88. The molecule has 0 saturated carbocycles. The quantitative estimate of drug-likeness (QED) is 0.487. The fourth-order valence-electron chi connectivity index (χ4n) is 2.66. The average molecular weight is 467 g/mol. The fourth-order valence-corrected chi connectivity index (χ4v) is 3.15. The number of aromatic nitrogens is 1. The lowest BCUT2D eigenvalue weighted by Gasteiger charge is -2.12. The zero-order valence-electron chi connectivity index (χ0n) is 16.4. The van der Waals surface area contributed by atoms with Crippen LogP contribution in [0.15, 0.2) is 40.9 Å². The van der Waals surface area contributed by atoms with Gasteiger partial charge in [0.05, 0.1) is 13.2 Å². The van der Waals surface area contributed by atoms with Crippen LogP contribution in [0.5, 0.6) is 5.88 Å². The molecule has 0 saturated heterocycles. The minimum absolute atomic E-state index is 0.112. The molecular formula is C20H17Cl2FN4O4. The van der Waals surface area contributed by atoms with Crippen molar-refractivity contribution in [3.05, 3.63) is 69.1 Å². The molecule has 0 aliphatic carbocycles. The number of rotatable bonds is 5. The molecule has 0 radical (unpaired) electrons. The van der Waals surface area contributed by atoms with Crippen LogP contribution in [-0.2, 0) is 6.54 Å². The van der Waals surface area contributed by atoms with Crippen molar-refractivity contribution in [3.63, 3.8) is 0 Å². The van der Waals surface area contributed by atoms with E-state index >= 15 is 0 Å². The fraction of sp³-hybridized carbons (Fsp3) is 0.150. The molecule has 1 aromatic heterocycles. The third kappa shape index (κ3) is 5.44. The van der Waals surface area contributed by atoms with Gasteiger partial charge in [0.15, 0.2) is 0 Å². The summed E-state index contributed by atoms with van der Waals surface area (Å²) in [6, 6.07) is 8.40. The van der Waals surface area contributed by atoms with E-state index in [1.807, 2.05) is 6.92 Å². The maximum Gasteiger partial charge on any atom is 0.333 e. The number of hydrogen-bond acceptors (Lipinski definition) is 5. The van der Waals surface area contributed by atoms with Gasteiger partial charge >= 0.3 is 11.9 Å². The lowest BCUT2D eigenvalue weighted by atomic mass is 9.99. The number of amides is 3. The van der Waals surface area contributed by atoms with Crippen molar-refractivity contribution in [2.45, 2.75) is 13.5 Å². The number of halogens is 3. The van der Waals surface area contributed by atoms with Gasteiger partial charge in [-0.25, -0.2) is 14.6 Å². The maximum atomic E-state index is 14.6. The summed E-state index contributed by atoms with van der Waals surface area (Å²) in [6.07, 6.45) is 0.